The smallest absolute Gasteiger partial charge is 0.0836 e. The monoisotopic (exact) mass is 401 g/mol. The number of rotatable bonds is 2. The third-order valence-corrected chi connectivity index (χ3v) is 2.61. The predicted octanol–water partition coefficient (Wildman–Crippen LogP) is 0.807. The van der Waals surface area contributed by atoms with Gasteiger partial charge in [-0.1, -0.05) is 6.92 Å². The van der Waals surface area contributed by atoms with Crippen molar-refractivity contribution >= 4 is 0 Å². The summed E-state index contributed by atoms with van der Waals surface area (Å²) < 4.78 is 10.6. The maximum absolute atomic E-state index is 9.61. The number of aliphatic hydroxyl groups is 1. The van der Waals surface area contributed by atoms with Crippen LogP contribution >= 0.6 is 0 Å². The topological polar surface area (TPSA) is 38.7 Å². The van der Waals surface area contributed by atoms with Gasteiger partial charge in [0.25, 0.3) is 0 Å². The van der Waals surface area contributed by atoms with E-state index in [1.165, 1.54) is 0 Å². The Balaban J connectivity index is 0.00000144. The van der Waals surface area contributed by atoms with Crippen LogP contribution in [0.2, 0.25) is 0 Å². The first-order valence-electron chi connectivity index (χ1n) is 4.47. The van der Waals surface area contributed by atoms with E-state index in [1.54, 1.807) is 7.11 Å². The Morgan fingerprint density at radius 2 is 2.08 bits per heavy atom. The zero-order chi connectivity index (χ0) is 9.14. The molecular formula is C9H18AcO3. The second-order valence-corrected chi connectivity index (χ2v) is 3.58. The zero-order valence-corrected chi connectivity index (χ0v) is 13.3. The third-order valence-electron chi connectivity index (χ3n) is 2.61. The Bertz CT molecular complexity index is 131. The van der Waals surface area contributed by atoms with Gasteiger partial charge in [-0.25, -0.2) is 0 Å². The SMILES string of the molecule is COCC1CC(O)C(C)C(C)O1.[Ac]. The van der Waals surface area contributed by atoms with Crippen molar-refractivity contribution in [3.63, 3.8) is 0 Å². The van der Waals surface area contributed by atoms with Crippen molar-refractivity contribution < 1.29 is 58.6 Å². The molecule has 0 spiro atoms. The largest absolute Gasteiger partial charge is 0.393 e. The number of hydrogen-bond acceptors (Lipinski definition) is 3. The molecule has 4 unspecified atom stereocenters. The van der Waals surface area contributed by atoms with Crippen molar-refractivity contribution in [3.8, 4) is 0 Å². The number of methoxy groups -OCH3 is 1. The first-order chi connectivity index (χ1) is 5.65. The average molecular weight is 401 g/mol. The van der Waals surface area contributed by atoms with Crippen LogP contribution in [0.15, 0.2) is 0 Å². The molecule has 0 amide bonds. The summed E-state index contributed by atoms with van der Waals surface area (Å²) in [5.74, 6) is 0.234. The molecule has 1 radical (unpaired) electrons. The van der Waals surface area contributed by atoms with Crippen LogP contribution in [0.25, 0.3) is 0 Å². The summed E-state index contributed by atoms with van der Waals surface area (Å²) in [6, 6.07) is 0. The first-order valence-corrected chi connectivity index (χ1v) is 4.47. The van der Waals surface area contributed by atoms with E-state index in [-0.39, 0.29) is 68.3 Å². The van der Waals surface area contributed by atoms with Gasteiger partial charge in [-0.3, -0.25) is 0 Å². The summed E-state index contributed by atoms with van der Waals surface area (Å²) >= 11 is 0. The number of hydrogen-bond donors (Lipinski definition) is 1. The maximum atomic E-state index is 9.61. The zero-order valence-electron chi connectivity index (χ0n) is 8.56. The fourth-order valence-corrected chi connectivity index (χ4v) is 1.57. The summed E-state index contributed by atoms with van der Waals surface area (Å²) in [6.07, 6.45) is 0.651. The first kappa shape index (κ1) is 14.3. The molecular weight excluding hydrogens is 383 g/mol. The molecule has 4 atom stereocenters. The number of ether oxygens (including phenoxy) is 2. The molecule has 0 saturated carbocycles. The van der Waals surface area contributed by atoms with Crippen LogP contribution in [0.5, 0.6) is 0 Å². The van der Waals surface area contributed by atoms with Gasteiger partial charge < -0.3 is 14.6 Å². The van der Waals surface area contributed by atoms with Crippen molar-refractivity contribution in [2.45, 2.75) is 38.6 Å². The Kier molecular flexibility index (Phi) is 7.43. The van der Waals surface area contributed by atoms with E-state index in [2.05, 4.69) is 0 Å². The van der Waals surface area contributed by atoms with Crippen LogP contribution in [0, 0.1) is 50.0 Å². The van der Waals surface area contributed by atoms with E-state index in [1.807, 2.05) is 13.8 Å². The molecule has 0 aromatic heterocycles. The predicted molar refractivity (Wildman–Crippen MR) is 46.0 cm³/mol. The fourth-order valence-electron chi connectivity index (χ4n) is 1.57. The molecule has 1 fully saturated rings. The van der Waals surface area contributed by atoms with Gasteiger partial charge in [0.2, 0.25) is 0 Å². The Hall–Kier alpha value is 1.32. The maximum Gasteiger partial charge on any atom is 0.0836 e. The normalized spacial score (nSPS) is 39.7. The molecule has 13 heavy (non-hydrogen) atoms. The van der Waals surface area contributed by atoms with Gasteiger partial charge in [-0.2, -0.15) is 0 Å². The molecule has 1 saturated heterocycles. The van der Waals surface area contributed by atoms with Crippen LogP contribution in [0.1, 0.15) is 20.3 Å². The molecule has 1 aliphatic rings. The second kappa shape index (κ2) is 6.74. The Labute approximate surface area is 116 Å². The van der Waals surface area contributed by atoms with Gasteiger partial charge in [0.15, 0.2) is 0 Å². The van der Waals surface area contributed by atoms with Crippen LogP contribution in [0.4, 0.5) is 0 Å². The average Bonchev–Trinajstić information content (AvgIpc) is 2.01. The minimum atomic E-state index is -0.242. The number of aliphatic hydroxyl groups excluding tert-OH is 1. The fraction of sp³-hybridized carbons (Fsp3) is 1.00. The van der Waals surface area contributed by atoms with E-state index in [0.29, 0.717) is 13.0 Å². The Morgan fingerprint density at radius 1 is 1.46 bits per heavy atom. The quantitative estimate of drug-likeness (QED) is 0.745. The van der Waals surface area contributed by atoms with Crippen LogP contribution < -0.4 is 0 Å². The van der Waals surface area contributed by atoms with Crippen molar-refractivity contribution in [1.29, 1.82) is 0 Å². The molecule has 1 heterocycles. The van der Waals surface area contributed by atoms with E-state index < -0.39 is 0 Å². The molecule has 75 valence electrons. The van der Waals surface area contributed by atoms with E-state index in [0.717, 1.165) is 0 Å². The van der Waals surface area contributed by atoms with Gasteiger partial charge in [-0.05, 0) is 6.92 Å². The van der Waals surface area contributed by atoms with Crippen molar-refractivity contribution in [3.05, 3.63) is 0 Å². The van der Waals surface area contributed by atoms with Crippen LogP contribution in [-0.4, -0.2) is 37.1 Å². The van der Waals surface area contributed by atoms with Gasteiger partial charge in [0.1, 0.15) is 0 Å². The van der Waals surface area contributed by atoms with E-state index in [4.69, 9.17) is 9.47 Å². The standard InChI is InChI=1S/C9H18O3.Ac/c1-6-7(2)12-8(5-11-3)4-9(6)10;/h6-10H,4-5H2,1-3H3;. The minimum absolute atomic E-state index is 0. The molecule has 0 aromatic rings. The van der Waals surface area contributed by atoms with Crippen molar-refractivity contribution in [1.82, 2.24) is 0 Å². The summed E-state index contributed by atoms with van der Waals surface area (Å²) in [5, 5.41) is 9.61. The van der Waals surface area contributed by atoms with Crippen molar-refractivity contribution in [2.75, 3.05) is 13.7 Å². The summed E-state index contributed by atoms with van der Waals surface area (Å²) in [6.45, 7) is 4.59. The molecule has 0 bridgehead atoms. The van der Waals surface area contributed by atoms with Gasteiger partial charge in [-0.15, -0.1) is 0 Å². The van der Waals surface area contributed by atoms with Crippen LogP contribution in [0.3, 0.4) is 0 Å². The molecule has 1 aliphatic heterocycles. The van der Waals surface area contributed by atoms with E-state index in [9.17, 15) is 5.11 Å². The van der Waals surface area contributed by atoms with E-state index >= 15 is 0 Å². The van der Waals surface area contributed by atoms with Gasteiger partial charge in [0.05, 0.1) is 24.9 Å². The summed E-state index contributed by atoms with van der Waals surface area (Å²) in [7, 11) is 1.65. The van der Waals surface area contributed by atoms with Crippen molar-refractivity contribution in [2.24, 2.45) is 5.92 Å². The third kappa shape index (κ3) is 4.13. The van der Waals surface area contributed by atoms with Gasteiger partial charge >= 0.3 is 0 Å². The molecule has 4 heteroatoms. The Morgan fingerprint density at radius 3 is 2.54 bits per heavy atom. The van der Waals surface area contributed by atoms with Gasteiger partial charge in [0, 0.05) is 63.5 Å². The molecule has 3 nitrogen and oxygen atoms in total. The molecule has 0 aliphatic carbocycles. The second-order valence-electron chi connectivity index (χ2n) is 3.58. The molecule has 1 rings (SSSR count). The molecule has 1 N–H and O–H groups in total. The minimum Gasteiger partial charge on any atom is -0.393 e. The van der Waals surface area contributed by atoms with Crippen LogP contribution in [-0.2, 0) is 9.47 Å². The molecule has 0 aromatic carbocycles. The summed E-state index contributed by atoms with van der Waals surface area (Å²) in [5.41, 5.74) is 0. The summed E-state index contributed by atoms with van der Waals surface area (Å²) in [4.78, 5) is 0.